The van der Waals surface area contributed by atoms with Gasteiger partial charge in [0.2, 0.25) is 0 Å². The number of rotatable bonds is 57. The number of hydrogen-bond donors (Lipinski definition) is 0. The van der Waals surface area contributed by atoms with Crippen LogP contribution in [0, 0.1) is 5.92 Å². The van der Waals surface area contributed by atoms with Gasteiger partial charge in [-0.3, -0.25) is 14.4 Å². The molecule has 0 aliphatic rings. The van der Waals surface area contributed by atoms with Crippen molar-refractivity contribution in [2.24, 2.45) is 5.92 Å². The van der Waals surface area contributed by atoms with E-state index in [0.29, 0.717) is 19.3 Å². The largest absolute Gasteiger partial charge is 0.462 e. The van der Waals surface area contributed by atoms with Gasteiger partial charge in [-0.2, -0.15) is 0 Å². The van der Waals surface area contributed by atoms with Crippen LogP contribution in [0.5, 0.6) is 0 Å². The molecule has 0 spiro atoms. The highest BCUT2D eigenvalue weighted by molar-refractivity contribution is 5.71. The Morgan fingerprint density at radius 3 is 0.721 bits per heavy atom. The maximum absolute atomic E-state index is 12.9. The summed E-state index contributed by atoms with van der Waals surface area (Å²) in [6.07, 6.45) is 62.4. The normalized spacial score (nSPS) is 12.0. The summed E-state index contributed by atoms with van der Waals surface area (Å²) >= 11 is 0. The van der Waals surface area contributed by atoms with Crippen LogP contribution in [0.15, 0.2) is 0 Å². The van der Waals surface area contributed by atoms with E-state index in [1.807, 2.05) is 0 Å². The maximum Gasteiger partial charge on any atom is 0.306 e. The number of unbranched alkanes of at least 4 members (excludes halogenated alkanes) is 44. The summed E-state index contributed by atoms with van der Waals surface area (Å²) in [5.41, 5.74) is 0. The second kappa shape index (κ2) is 56.3. The molecule has 0 N–H and O–H groups in total. The van der Waals surface area contributed by atoms with Crippen molar-refractivity contribution in [2.75, 3.05) is 13.2 Å². The Balaban J connectivity index is 4.28. The Morgan fingerprint density at radius 2 is 0.485 bits per heavy atom. The van der Waals surface area contributed by atoms with Crippen molar-refractivity contribution in [3.63, 3.8) is 0 Å². The first kappa shape index (κ1) is 66.4. The molecule has 404 valence electrons. The first-order chi connectivity index (χ1) is 33.4. The highest BCUT2D eigenvalue weighted by Gasteiger charge is 2.19. The number of carbonyl (C=O) groups excluding carboxylic acids is 3. The van der Waals surface area contributed by atoms with E-state index in [2.05, 4.69) is 27.7 Å². The third-order valence-electron chi connectivity index (χ3n) is 14.3. The van der Waals surface area contributed by atoms with Gasteiger partial charge in [0.15, 0.2) is 6.10 Å². The molecule has 0 aliphatic heterocycles. The monoisotopic (exact) mass is 961 g/mol. The Kier molecular flexibility index (Phi) is 55.0. The van der Waals surface area contributed by atoms with Gasteiger partial charge in [0, 0.05) is 19.3 Å². The first-order valence-corrected chi connectivity index (χ1v) is 30.9. The lowest BCUT2D eigenvalue weighted by atomic mass is 10.0. The van der Waals surface area contributed by atoms with E-state index >= 15 is 0 Å². The summed E-state index contributed by atoms with van der Waals surface area (Å²) < 4.78 is 16.9. The lowest BCUT2D eigenvalue weighted by molar-refractivity contribution is -0.167. The van der Waals surface area contributed by atoms with Gasteiger partial charge in [-0.25, -0.2) is 0 Å². The van der Waals surface area contributed by atoms with Crippen molar-refractivity contribution < 1.29 is 28.6 Å². The standard InChI is InChI=1S/C62H120O6/c1-5-7-9-11-13-15-17-19-21-22-23-24-26-30-34-38-42-46-50-54-61(64)67-57-59(56-66-60(63)53-49-45-41-37-33-29-25-20-18-16-14-12-10-8-6-2)68-62(65)55-51-47-43-39-35-31-27-28-32-36-40-44-48-52-58(3)4/h58-59H,5-57H2,1-4H3/t59-/m1/s1. The second-order valence-electron chi connectivity index (χ2n) is 21.8. The number of ether oxygens (including phenoxy) is 3. The molecule has 0 heterocycles. The van der Waals surface area contributed by atoms with E-state index in [4.69, 9.17) is 14.2 Å². The Hall–Kier alpha value is -1.59. The fourth-order valence-corrected chi connectivity index (χ4v) is 9.63. The molecule has 0 aliphatic carbocycles. The van der Waals surface area contributed by atoms with Crippen LogP contribution < -0.4 is 0 Å². The molecule has 6 nitrogen and oxygen atoms in total. The van der Waals surface area contributed by atoms with Crippen molar-refractivity contribution in [1.29, 1.82) is 0 Å². The van der Waals surface area contributed by atoms with Crippen LogP contribution in [0.25, 0.3) is 0 Å². The van der Waals surface area contributed by atoms with Gasteiger partial charge < -0.3 is 14.2 Å². The van der Waals surface area contributed by atoms with Crippen LogP contribution in [0.1, 0.15) is 355 Å². The minimum atomic E-state index is -0.762. The second-order valence-corrected chi connectivity index (χ2v) is 21.8. The topological polar surface area (TPSA) is 78.9 Å². The zero-order chi connectivity index (χ0) is 49.5. The molecule has 0 saturated carbocycles. The summed E-state index contributed by atoms with van der Waals surface area (Å²) in [6.45, 7) is 9.08. The van der Waals surface area contributed by atoms with Crippen LogP contribution in [0.4, 0.5) is 0 Å². The van der Waals surface area contributed by atoms with Gasteiger partial charge in [-0.05, 0) is 25.2 Å². The Bertz CT molecular complexity index is 1030. The molecule has 0 unspecified atom stereocenters. The van der Waals surface area contributed by atoms with Crippen LogP contribution in [-0.2, 0) is 28.6 Å². The van der Waals surface area contributed by atoms with Crippen molar-refractivity contribution in [3.05, 3.63) is 0 Å². The number of hydrogen-bond acceptors (Lipinski definition) is 6. The quantitative estimate of drug-likeness (QED) is 0.0343. The summed E-state index contributed by atoms with van der Waals surface area (Å²) in [6, 6.07) is 0. The summed E-state index contributed by atoms with van der Waals surface area (Å²) in [5.74, 6) is 0.00777. The number of carbonyl (C=O) groups is 3. The third-order valence-corrected chi connectivity index (χ3v) is 14.3. The van der Waals surface area contributed by atoms with E-state index in [0.717, 1.165) is 63.7 Å². The smallest absolute Gasteiger partial charge is 0.306 e. The zero-order valence-corrected chi connectivity index (χ0v) is 46.6. The molecule has 0 bridgehead atoms. The highest BCUT2D eigenvalue weighted by Crippen LogP contribution is 2.18. The van der Waals surface area contributed by atoms with Crippen molar-refractivity contribution >= 4 is 17.9 Å². The van der Waals surface area contributed by atoms with Crippen molar-refractivity contribution in [1.82, 2.24) is 0 Å². The Morgan fingerprint density at radius 1 is 0.279 bits per heavy atom. The summed E-state index contributed by atoms with van der Waals surface area (Å²) in [4.78, 5) is 38.2. The molecule has 0 rings (SSSR count). The lowest BCUT2D eigenvalue weighted by Crippen LogP contribution is -2.30. The van der Waals surface area contributed by atoms with E-state index in [-0.39, 0.29) is 31.1 Å². The van der Waals surface area contributed by atoms with Gasteiger partial charge in [-0.1, -0.05) is 317 Å². The molecule has 0 amide bonds. The third kappa shape index (κ3) is 55.3. The van der Waals surface area contributed by atoms with E-state index in [1.54, 1.807) is 0 Å². The molecule has 1 atom stereocenters. The summed E-state index contributed by atoms with van der Waals surface area (Å²) in [5, 5.41) is 0. The molecule has 0 saturated heterocycles. The minimum absolute atomic E-state index is 0.0614. The molecule has 68 heavy (non-hydrogen) atoms. The van der Waals surface area contributed by atoms with Crippen LogP contribution in [-0.4, -0.2) is 37.2 Å². The van der Waals surface area contributed by atoms with E-state index in [1.165, 1.54) is 250 Å². The van der Waals surface area contributed by atoms with Gasteiger partial charge in [0.25, 0.3) is 0 Å². The molecular formula is C62H120O6. The predicted octanol–water partition coefficient (Wildman–Crippen LogP) is 20.6. The molecule has 0 aromatic rings. The minimum Gasteiger partial charge on any atom is -0.462 e. The lowest BCUT2D eigenvalue weighted by Gasteiger charge is -2.18. The fourth-order valence-electron chi connectivity index (χ4n) is 9.63. The fraction of sp³-hybridized carbons (Fsp3) is 0.952. The van der Waals surface area contributed by atoms with Gasteiger partial charge in [0.1, 0.15) is 13.2 Å². The van der Waals surface area contributed by atoms with Gasteiger partial charge >= 0.3 is 17.9 Å². The molecule has 6 heteroatoms. The van der Waals surface area contributed by atoms with Gasteiger partial charge in [-0.15, -0.1) is 0 Å². The SMILES string of the molecule is CCCCCCCCCCCCCCCCCCCCCC(=O)OC[C@@H](COC(=O)CCCCCCCCCCCCCCCCC)OC(=O)CCCCCCCCCCCCCCCC(C)C. The van der Waals surface area contributed by atoms with E-state index < -0.39 is 6.10 Å². The molecule has 0 radical (unpaired) electrons. The Labute approximate surface area is 425 Å². The first-order valence-electron chi connectivity index (χ1n) is 30.9. The van der Waals surface area contributed by atoms with Crippen LogP contribution in [0.3, 0.4) is 0 Å². The van der Waals surface area contributed by atoms with Crippen molar-refractivity contribution in [2.45, 2.75) is 361 Å². The van der Waals surface area contributed by atoms with Crippen LogP contribution in [0.2, 0.25) is 0 Å². The molecule has 0 aromatic carbocycles. The zero-order valence-electron chi connectivity index (χ0n) is 46.6. The average Bonchev–Trinajstić information content (AvgIpc) is 3.32. The predicted molar refractivity (Wildman–Crippen MR) is 293 cm³/mol. The van der Waals surface area contributed by atoms with Crippen LogP contribution >= 0.6 is 0 Å². The van der Waals surface area contributed by atoms with Gasteiger partial charge in [0.05, 0.1) is 0 Å². The molecular weight excluding hydrogens is 841 g/mol. The van der Waals surface area contributed by atoms with E-state index in [9.17, 15) is 14.4 Å². The summed E-state index contributed by atoms with van der Waals surface area (Å²) in [7, 11) is 0. The van der Waals surface area contributed by atoms with Crippen molar-refractivity contribution in [3.8, 4) is 0 Å². The highest BCUT2D eigenvalue weighted by atomic mass is 16.6. The molecule has 0 aromatic heterocycles. The average molecular weight is 962 g/mol. The number of esters is 3. The maximum atomic E-state index is 12.9. The molecule has 0 fully saturated rings.